The lowest BCUT2D eigenvalue weighted by Crippen LogP contribution is -2.18. The molecule has 0 amide bonds. The lowest BCUT2D eigenvalue weighted by atomic mass is 9.88. The van der Waals surface area contributed by atoms with E-state index in [9.17, 15) is 0 Å². The molecule has 1 heterocycles. The van der Waals surface area contributed by atoms with E-state index in [1.807, 2.05) is 12.1 Å². The van der Waals surface area contributed by atoms with Crippen LogP contribution in [0.5, 0.6) is 0 Å². The first-order chi connectivity index (χ1) is 5.49. The van der Waals surface area contributed by atoms with E-state index in [2.05, 4.69) is 20.8 Å². The monoisotopic (exact) mass is 167 g/mol. The number of rotatable bonds is 2. The Hall–Kier alpha value is -0.760. The van der Waals surface area contributed by atoms with Crippen molar-refractivity contribution >= 4 is 0 Å². The molecule has 0 fully saturated rings. The molecule has 2 N–H and O–H groups in total. The average molecular weight is 167 g/mol. The molecule has 1 rings (SSSR count). The lowest BCUT2D eigenvalue weighted by molar-refractivity contribution is 0.317. The molecule has 0 bridgehead atoms. The van der Waals surface area contributed by atoms with Gasteiger partial charge in [-0.2, -0.15) is 0 Å². The summed E-state index contributed by atoms with van der Waals surface area (Å²) in [6, 6.07) is 3.83. The summed E-state index contributed by atoms with van der Waals surface area (Å²) in [6.07, 6.45) is 2.61. The molecule has 0 aliphatic heterocycles. The van der Waals surface area contributed by atoms with Crippen molar-refractivity contribution in [2.75, 3.05) is 0 Å². The Morgan fingerprint density at radius 1 is 1.50 bits per heavy atom. The summed E-state index contributed by atoms with van der Waals surface area (Å²) in [5, 5.41) is 0. The van der Waals surface area contributed by atoms with Crippen LogP contribution in [0.4, 0.5) is 0 Å². The SMILES string of the molecule is CC(C)(C)C[C@H](N)c1ccco1. The first kappa shape index (κ1) is 9.33. The summed E-state index contributed by atoms with van der Waals surface area (Å²) in [4.78, 5) is 0. The number of furan rings is 1. The highest BCUT2D eigenvalue weighted by atomic mass is 16.3. The van der Waals surface area contributed by atoms with Gasteiger partial charge in [-0.15, -0.1) is 0 Å². The molecule has 0 saturated heterocycles. The van der Waals surface area contributed by atoms with Crippen molar-refractivity contribution < 1.29 is 4.42 Å². The van der Waals surface area contributed by atoms with Crippen LogP contribution < -0.4 is 5.73 Å². The minimum Gasteiger partial charge on any atom is -0.468 e. The van der Waals surface area contributed by atoms with Crippen molar-refractivity contribution in [3.05, 3.63) is 24.2 Å². The predicted octanol–water partition coefficient (Wildman–Crippen LogP) is 2.72. The summed E-state index contributed by atoms with van der Waals surface area (Å²) in [6.45, 7) is 6.53. The molecule has 0 aliphatic carbocycles. The second-order valence-electron chi connectivity index (χ2n) is 4.39. The van der Waals surface area contributed by atoms with Crippen LogP contribution in [0, 0.1) is 5.41 Å². The Labute approximate surface area is 73.8 Å². The number of hydrogen-bond donors (Lipinski definition) is 1. The van der Waals surface area contributed by atoms with Gasteiger partial charge in [0.05, 0.1) is 12.3 Å². The van der Waals surface area contributed by atoms with Gasteiger partial charge in [-0.25, -0.2) is 0 Å². The Balaban J connectivity index is 2.56. The molecule has 1 atom stereocenters. The second kappa shape index (κ2) is 3.31. The van der Waals surface area contributed by atoms with Gasteiger partial charge in [0.15, 0.2) is 0 Å². The van der Waals surface area contributed by atoms with Gasteiger partial charge in [-0.3, -0.25) is 0 Å². The summed E-state index contributed by atoms with van der Waals surface area (Å²) in [5.41, 5.74) is 6.19. The molecular formula is C10H17NO. The first-order valence-electron chi connectivity index (χ1n) is 4.28. The summed E-state index contributed by atoms with van der Waals surface area (Å²) >= 11 is 0. The molecule has 68 valence electrons. The van der Waals surface area contributed by atoms with Crippen molar-refractivity contribution in [1.29, 1.82) is 0 Å². The number of hydrogen-bond acceptors (Lipinski definition) is 2. The molecule has 2 nitrogen and oxygen atoms in total. The molecule has 0 aliphatic rings. The van der Waals surface area contributed by atoms with E-state index in [0.29, 0.717) is 0 Å². The third-order valence-corrected chi connectivity index (χ3v) is 1.74. The second-order valence-corrected chi connectivity index (χ2v) is 4.39. The molecule has 0 spiro atoms. The van der Waals surface area contributed by atoms with Gasteiger partial charge < -0.3 is 10.2 Å². The van der Waals surface area contributed by atoms with Gasteiger partial charge in [0.1, 0.15) is 5.76 Å². The third kappa shape index (κ3) is 2.70. The highest BCUT2D eigenvalue weighted by Crippen LogP contribution is 2.27. The molecule has 0 unspecified atom stereocenters. The number of nitrogens with two attached hydrogens (primary N) is 1. The maximum Gasteiger partial charge on any atom is 0.120 e. The standard InChI is InChI=1S/C10H17NO/c1-10(2,3)7-8(11)9-5-4-6-12-9/h4-6,8H,7,11H2,1-3H3/t8-/m0/s1. The van der Waals surface area contributed by atoms with E-state index in [1.54, 1.807) is 6.26 Å². The highest BCUT2D eigenvalue weighted by molar-refractivity contribution is 5.03. The van der Waals surface area contributed by atoms with Crippen LogP contribution in [-0.2, 0) is 0 Å². The van der Waals surface area contributed by atoms with Gasteiger partial charge in [0, 0.05) is 0 Å². The van der Waals surface area contributed by atoms with Crippen LogP contribution in [0.1, 0.15) is 39.0 Å². The van der Waals surface area contributed by atoms with Crippen LogP contribution in [0.25, 0.3) is 0 Å². The van der Waals surface area contributed by atoms with E-state index in [-0.39, 0.29) is 11.5 Å². The van der Waals surface area contributed by atoms with Crippen molar-refractivity contribution in [2.24, 2.45) is 11.1 Å². The topological polar surface area (TPSA) is 39.2 Å². The van der Waals surface area contributed by atoms with Crippen molar-refractivity contribution in [2.45, 2.75) is 33.2 Å². The Morgan fingerprint density at radius 2 is 2.17 bits per heavy atom. The zero-order chi connectivity index (χ0) is 9.19. The van der Waals surface area contributed by atoms with Crippen LogP contribution in [-0.4, -0.2) is 0 Å². The maximum atomic E-state index is 5.93. The maximum absolute atomic E-state index is 5.93. The fraction of sp³-hybridized carbons (Fsp3) is 0.600. The third-order valence-electron chi connectivity index (χ3n) is 1.74. The summed E-state index contributed by atoms with van der Waals surface area (Å²) < 4.78 is 5.22. The molecule has 1 aromatic rings. The van der Waals surface area contributed by atoms with E-state index >= 15 is 0 Å². The van der Waals surface area contributed by atoms with Gasteiger partial charge in [-0.1, -0.05) is 20.8 Å². The van der Waals surface area contributed by atoms with Gasteiger partial charge in [-0.05, 0) is 24.0 Å². The normalized spacial score (nSPS) is 14.7. The fourth-order valence-electron chi connectivity index (χ4n) is 1.26. The van der Waals surface area contributed by atoms with Crippen molar-refractivity contribution in [3.8, 4) is 0 Å². The van der Waals surface area contributed by atoms with Gasteiger partial charge in [0.2, 0.25) is 0 Å². The van der Waals surface area contributed by atoms with E-state index < -0.39 is 0 Å². The Kier molecular flexibility index (Phi) is 2.58. The fourth-order valence-corrected chi connectivity index (χ4v) is 1.26. The summed E-state index contributed by atoms with van der Waals surface area (Å²) in [7, 11) is 0. The minimum atomic E-state index is 0.0278. The molecule has 2 heteroatoms. The molecule has 0 saturated carbocycles. The molecule has 12 heavy (non-hydrogen) atoms. The molecule has 0 aromatic carbocycles. The zero-order valence-electron chi connectivity index (χ0n) is 8.00. The van der Waals surface area contributed by atoms with E-state index in [4.69, 9.17) is 10.2 Å². The van der Waals surface area contributed by atoms with Gasteiger partial charge >= 0.3 is 0 Å². The van der Waals surface area contributed by atoms with Crippen LogP contribution in [0.15, 0.2) is 22.8 Å². The largest absolute Gasteiger partial charge is 0.468 e. The average Bonchev–Trinajstić information content (AvgIpc) is 2.32. The van der Waals surface area contributed by atoms with E-state index in [0.717, 1.165) is 12.2 Å². The van der Waals surface area contributed by atoms with Crippen molar-refractivity contribution in [1.82, 2.24) is 0 Å². The lowest BCUT2D eigenvalue weighted by Gasteiger charge is -2.21. The molecule has 1 aromatic heterocycles. The Bertz CT molecular complexity index is 220. The first-order valence-corrected chi connectivity index (χ1v) is 4.28. The zero-order valence-corrected chi connectivity index (χ0v) is 8.00. The molecule has 0 radical (unpaired) electrons. The van der Waals surface area contributed by atoms with Gasteiger partial charge in [0.25, 0.3) is 0 Å². The van der Waals surface area contributed by atoms with Crippen LogP contribution >= 0.6 is 0 Å². The highest BCUT2D eigenvalue weighted by Gasteiger charge is 2.18. The van der Waals surface area contributed by atoms with Crippen LogP contribution in [0.2, 0.25) is 0 Å². The quantitative estimate of drug-likeness (QED) is 0.735. The van der Waals surface area contributed by atoms with Crippen LogP contribution in [0.3, 0.4) is 0 Å². The minimum absolute atomic E-state index is 0.0278. The smallest absolute Gasteiger partial charge is 0.120 e. The molecular weight excluding hydrogens is 150 g/mol. The Morgan fingerprint density at radius 3 is 2.58 bits per heavy atom. The van der Waals surface area contributed by atoms with Crippen molar-refractivity contribution in [3.63, 3.8) is 0 Å². The van der Waals surface area contributed by atoms with E-state index in [1.165, 1.54) is 0 Å². The summed E-state index contributed by atoms with van der Waals surface area (Å²) in [5.74, 6) is 0.880. The predicted molar refractivity (Wildman–Crippen MR) is 49.7 cm³/mol.